The Balaban J connectivity index is 1.62. The lowest BCUT2D eigenvalue weighted by Crippen LogP contribution is -2.16. The van der Waals surface area contributed by atoms with Crippen LogP contribution in [-0.2, 0) is 6.61 Å². The van der Waals surface area contributed by atoms with Gasteiger partial charge in [0.25, 0.3) is 5.91 Å². The molecule has 1 amide bonds. The number of methoxy groups -OCH3 is 1. The Morgan fingerprint density at radius 1 is 1.12 bits per heavy atom. The van der Waals surface area contributed by atoms with Crippen molar-refractivity contribution in [1.82, 2.24) is 5.43 Å². The smallest absolute Gasteiger partial charge is 0.281 e. The second-order valence-electron chi connectivity index (χ2n) is 5.36. The van der Waals surface area contributed by atoms with Crippen molar-refractivity contribution < 1.29 is 14.3 Å². The summed E-state index contributed by atoms with van der Waals surface area (Å²) in [5.74, 6) is 1.02. The van der Waals surface area contributed by atoms with E-state index in [-0.39, 0.29) is 5.91 Å². The van der Waals surface area contributed by atoms with Crippen molar-refractivity contribution in [3.8, 4) is 11.5 Å². The van der Waals surface area contributed by atoms with Gasteiger partial charge in [-0.25, -0.2) is 5.43 Å². The van der Waals surface area contributed by atoms with Gasteiger partial charge in [-0.15, -0.1) is 11.3 Å². The van der Waals surface area contributed by atoms with Crippen LogP contribution < -0.4 is 14.9 Å². The number of benzene rings is 2. The number of nitrogens with one attached hydrogen (secondary N) is 1. The van der Waals surface area contributed by atoms with E-state index in [0.717, 1.165) is 11.1 Å². The molecule has 0 bridgehead atoms. The van der Waals surface area contributed by atoms with Crippen molar-refractivity contribution in [3.05, 3.63) is 82.0 Å². The van der Waals surface area contributed by atoms with E-state index in [1.807, 2.05) is 53.9 Å². The molecule has 0 saturated heterocycles. The van der Waals surface area contributed by atoms with Crippen LogP contribution in [0.25, 0.3) is 0 Å². The molecule has 5 nitrogen and oxygen atoms in total. The highest BCUT2D eigenvalue weighted by atomic mass is 32.1. The molecule has 0 unspecified atom stereocenters. The van der Waals surface area contributed by atoms with Gasteiger partial charge in [0, 0.05) is 0 Å². The average molecular weight is 366 g/mol. The zero-order valence-electron chi connectivity index (χ0n) is 14.2. The summed E-state index contributed by atoms with van der Waals surface area (Å²) in [7, 11) is 1.59. The van der Waals surface area contributed by atoms with Crippen LogP contribution >= 0.6 is 11.3 Å². The van der Waals surface area contributed by atoms with Gasteiger partial charge < -0.3 is 9.47 Å². The molecule has 0 atom stereocenters. The fourth-order valence-corrected chi connectivity index (χ4v) is 2.86. The maximum Gasteiger partial charge on any atom is 0.281 e. The maximum absolute atomic E-state index is 11.8. The highest BCUT2D eigenvalue weighted by Crippen LogP contribution is 2.28. The summed E-state index contributed by atoms with van der Waals surface area (Å²) in [6, 6.07) is 19.0. The molecule has 1 aromatic heterocycles. The van der Waals surface area contributed by atoms with Crippen LogP contribution in [0.1, 0.15) is 20.8 Å². The Morgan fingerprint density at radius 2 is 1.96 bits per heavy atom. The molecule has 6 heteroatoms. The monoisotopic (exact) mass is 366 g/mol. The number of ether oxygens (including phenoxy) is 2. The van der Waals surface area contributed by atoms with E-state index >= 15 is 0 Å². The number of hydrazone groups is 1. The molecule has 0 spiro atoms. The van der Waals surface area contributed by atoms with E-state index in [1.165, 1.54) is 11.3 Å². The molecular weight excluding hydrogens is 348 g/mol. The van der Waals surface area contributed by atoms with Crippen molar-refractivity contribution in [3.63, 3.8) is 0 Å². The second-order valence-corrected chi connectivity index (χ2v) is 6.31. The molecule has 2 aromatic carbocycles. The van der Waals surface area contributed by atoms with Crippen LogP contribution in [0.2, 0.25) is 0 Å². The van der Waals surface area contributed by atoms with Crippen LogP contribution in [0.5, 0.6) is 11.5 Å². The predicted molar refractivity (Wildman–Crippen MR) is 103 cm³/mol. The number of rotatable bonds is 7. The molecule has 3 rings (SSSR count). The standard InChI is InChI=1S/C20H18N2O3S/c1-24-18-12-16(13-21-22-20(23)19-8-5-11-26-19)9-10-17(18)25-14-15-6-3-2-4-7-15/h2-13H,14H2,1H3,(H,22,23)/b21-13-. The Hall–Kier alpha value is -3.12. The van der Waals surface area contributed by atoms with Crippen molar-refractivity contribution in [2.24, 2.45) is 5.10 Å². The second kappa shape index (κ2) is 8.82. The first-order chi connectivity index (χ1) is 12.8. The molecule has 0 radical (unpaired) electrons. The Labute approximate surface area is 155 Å². The number of hydrogen-bond donors (Lipinski definition) is 1. The largest absolute Gasteiger partial charge is 0.493 e. The number of nitrogens with zero attached hydrogens (tertiary/aromatic N) is 1. The van der Waals surface area contributed by atoms with Gasteiger partial charge in [0.2, 0.25) is 0 Å². The summed E-state index contributed by atoms with van der Waals surface area (Å²) in [6.07, 6.45) is 1.56. The highest BCUT2D eigenvalue weighted by Gasteiger charge is 2.06. The average Bonchev–Trinajstić information content (AvgIpc) is 3.22. The number of thiophene rings is 1. The number of amides is 1. The normalized spacial score (nSPS) is 10.7. The number of hydrogen-bond acceptors (Lipinski definition) is 5. The van der Waals surface area contributed by atoms with Crippen molar-refractivity contribution in [1.29, 1.82) is 0 Å². The zero-order chi connectivity index (χ0) is 18.2. The molecule has 0 saturated carbocycles. The molecule has 0 aliphatic carbocycles. The molecule has 1 N–H and O–H groups in total. The third-order valence-electron chi connectivity index (χ3n) is 3.55. The Bertz CT molecular complexity index is 877. The topological polar surface area (TPSA) is 59.9 Å². The molecule has 3 aromatic rings. The van der Waals surface area contributed by atoms with Crippen molar-refractivity contribution in [2.75, 3.05) is 7.11 Å². The lowest BCUT2D eigenvalue weighted by atomic mass is 10.2. The Kier molecular flexibility index (Phi) is 6.01. The van der Waals surface area contributed by atoms with E-state index in [1.54, 1.807) is 25.5 Å². The maximum atomic E-state index is 11.8. The molecule has 1 heterocycles. The summed E-state index contributed by atoms with van der Waals surface area (Å²) in [5.41, 5.74) is 4.37. The van der Waals surface area contributed by atoms with Gasteiger partial charge in [-0.2, -0.15) is 5.10 Å². The van der Waals surface area contributed by atoms with E-state index in [2.05, 4.69) is 10.5 Å². The van der Waals surface area contributed by atoms with E-state index in [9.17, 15) is 4.79 Å². The van der Waals surface area contributed by atoms with Crippen LogP contribution in [0.15, 0.2) is 71.1 Å². The Morgan fingerprint density at radius 3 is 2.69 bits per heavy atom. The van der Waals surface area contributed by atoms with Gasteiger partial charge in [0.1, 0.15) is 6.61 Å². The third kappa shape index (κ3) is 4.70. The van der Waals surface area contributed by atoms with Crippen molar-refractivity contribution in [2.45, 2.75) is 6.61 Å². The summed E-state index contributed by atoms with van der Waals surface area (Å²) >= 11 is 1.37. The molecule has 0 aliphatic rings. The minimum Gasteiger partial charge on any atom is -0.493 e. The third-order valence-corrected chi connectivity index (χ3v) is 4.42. The zero-order valence-corrected chi connectivity index (χ0v) is 15.0. The fourth-order valence-electron chi connectivity index (χ4n) is 2.25. The first kappa shape index (κ1) is 17.7. The first-order valence-electron chi connectivity index (χ1n) is 7.98. The van der Waals surface area contributed by atoms with Gasteiger partial charge in [0.15, 0.2) is 11.5 Å². The minimum absolute atomic E-state index is 0.231. The van der Waals surface area contributed by atoms with Gasteiger partial charge in [-0.1, -0.05) is 36.4 Å². The molecule has 132 valence electrons. The number of carbonyl (C=O) groups is 1. The van der Waals surface area contributed by atoms with E-state index < -0.39 is 0 Å². The SMILES string of the molecule is COc1cc(/C=N\NC(=O)c2cccs2)ccc1OCc1ccccc1. The van der Waals surface area contributed by atoms with Gasteiger partial charge in [-0.3, -0.25) is 4.79 Å². The highest BCUT2D eigenvalue weighted by molar-refractivity contribution is 7.12. The van der Waals surface area contributed by atoms with Crippen molar-refractivity contribution >= 4 is 23.5 Å². The molecule has 26 heavy (non-hydrogen) atoms. The van der Waals surface area contributed by atoms with Crippen LogP contribution in [0, 0.1) is 0 Å². The summed E-state index contributed by atoms with van der Waals surface area (Å²) < 4.78 is 11.2. The molecule has 0 fully saturated rings. The first-order valence-corrected chi connectivity index (χ1v) is 8.86. The molecular formula is C20H18N2O3S. The fraction of sp³-hybridized carbons (Fsp3) is 0.100. The van der Waals surface area contributed by atoms with Gasteiger partial charge in [0.05, 0.1) is 18.2 Å². The lowest BCUT2D eigenvalue weighted by molar-refractivity contribution is 0.0959. The van der Waals surface area contributed by atoms with Gasteiger partial charge in [-0.05, 0) is 40.8 Å². The molecule has 0 aliphatic heterocycles. The minimum atomic E-state index is -0.231. The summed E-state index contributed by atoms with van der Waals surface area (Å²) in [5, 5.41) is 5.83. The van der Waals surface area contributed by atoms with Crippen LogP contribution in [-0.4, -0.2) is 19.2 Å². The van der Waals surface area contributed by atoms with Crippen LogP contribution in [0.3, 0.4) is 0 Å². The number of carbonyl (C=O) groups excluding carboxylic acids is 1. The summed E-state index contributed by atoms with van der Waals surface area (Å²) in [4.78, 5) is 12.4. The van der Waals surface area contributed by atoms with E-state index in [0.29, 0.717) is 23.0 Å². The quantitative estimate of drug-likeness (QED) is 0.506. The van der Waals surface area contributed by atoms with E-state index in [4.69, 9.17) is 9.47 Å². The summed E-state index contributed by atoms with van der Waals surface area (Å²) in [6.45, 7) is 0.460. The van der Waals surface area contributed by atoms with Crippen LogP contribution in [0.4, 0.5) is 0 Å². The lowest BCUT2D eigenvalue weighted by Gasteiger charge is -2.11. The predicted octanol–water partition coefficient (Wildman–Crippen LogP) is 4.10. The van der Waals surface area contributed by atoms with Gasteiger partial charge >= 0.3 is 0 Å².